The number of anilines is 1. The lowest BCUT2D eigenvalue weighted by Crippen LogP contribution is -2.49. The molecule has 1 aromatic carbocycles. The van der Waals surface area contributed by atoms with E-state index in [1.807, 2.05) is 24.3 Å². The predicted octanol–water partition coefficient (Wildman–Crippen LogP) is 3.57. The number of halogens is 1. The Hall–Kier alpha value is -2.44. The van der Waals surface area contributed by atoms with E-state index >= 15 is 0 Å². The Kier molecular flexibility index (Phi) is 5.34. The van der Waals surface area contributed by atoms with Gasteiger partial charge < -0.3 is 15.5 Å². The molecule has 0 radical (unpaired) electrons. The van der Waals surface area contributed by atoms with Gasteiger partial charge in [-0.15, -0.1) is 0 Å². The first kappa shape index (κ1) is 21.8. The van der Waals surface area contributed by atoms with Gasteiger partial charge in [0.1, 0.15) is 5.41 Å². The highest BCUT2D eigenvalue weighted by Crippen LogP contribution is 2.56. The van der Waals surface area contributed by atoms with Crippen molar-refractivity contribution in [2.24, 2.45) is 5.41 Å². The summed E-state index contributed by atoms with van der Waals surface area (Å²) in [5.41, 5.74) is 1.45. The Balaban J connectivity index is 1.99. The van der Waals surface area contributed by atoms with Crippen molar-refractivity contribution < 1.29 is 9.59 Å². The summed E-state index contributed by atoms with van der Waals surface area (Å²) in [4.78, 5) is 33.1. The molecule has 6 nitrogen and oxygen atoms in total. The molecular weight excluding hydrogens is 412 g/mol. The van der Waals surface area contributed by atoms with E-state index in [4.69, 9.17) is 11.6 Å². The van der Waals surface area contributed by atoms with Gasteiger partial charge in [-0.25, -0.2) is 0 Å². The molecule has 0 bridgehead atoms. The molecule has 0 aliphatic carbocycles. The first-order valence-electron chi connectivity index (χ1n) is 10.5. The summed E-state index contributed by atoms with van der Waals surface area (Å²) in [5, 5.41) is 7.21. The van der Waals surface area contributed by atoms with Gasteiger partial charge in [0.25, 0.3) is 0 Å². The minimum atomic E-state index is -0.952. The number of amides is 2. The van der Waals surface area contributed by atoms with Gasteiger partial charge in [-0.1, -0.05) is 44.5 Å². The molecule has 31 heavy (non-hydrogen) atoms. The second-order valence-corrected chi connectivity index (χ2v) is 10.4. The van der Waals surface area contributed by atoms with Crippen molar-refractivity contribution >= 4 is 29.1 Å². The lowest BCUT2D eigenvalue weighted by atomic mass is 9.62. The standard InChI is InChI=1S/C24H29ClN4O2/c1-23(2,3)12-18-24(16-9-8-15(25)11-17(16)27-22(24)31)19(14-7-6-10-26-13-14)20(28-18)21(30)29(4)5/h6-11,13,18-20,28H,12H2,1-5H3,(H,27,31)/t18-,19+,20-,24+/m1/s1. The Morgan fingerprint density at radius 1 is 1.26 bits per heavy atom. The number of likely N-dealkylation sites (N-methyl/N-ethyl adjacent to an activating group) is 1. The third kappa shape index (κ3) is 3.52. The molecule has 7 heteroatoms. The first-order chi connectivity index (χ1) is 14.6. The van der Waals surface area contributed by atoms with E-state index in [1.165, 1.54) is 0 Å². The van der Waals surface area contributed by atoms with Crippen molar-refractivity contribution in [1.82, 2.24) is 15.2 Å². The largest absolute Gasteiger partial charge is 0.347 e. The number of pyridine rings is 1. The summed E-state index contributed by atoms with van der Waals surface area (Å²) in [6.45, 7) is 6.45. The molecule has 2 aliphatic heterocycles. The van der Waals surface area contributed by atoms with E-state index in [1.54, 1.807) is 37.5 Å². The second kappa shape index (κ2) is 7.61. The zero-order valence-electron chi connectivity index (χ0n) is 18.6. The molecule has 1 fully saturated rings. The number of nitrogens with one attached hydrogen (secondary N) is 2. The molecule has 1 spiro atoms. The second-order valence-electron chi connectivity index (χ2n) is 9.97. The minimum absolute atomic E-state index is 0.0557. The zero-order valence-corrected chi connectivity index (χ0v) is 19.3. The highest BCUT2D eigenvalue weighted by atomic mass is 35.5. The van der Waals surface area contributed by atoms with Crippen LogP contribution in [0.25, 0.3) is 0 Å². The van der Waals surface area contributed by atoms with Crippen LogP contribution in [0.2, 0.25) is 5.02 Å². The van der Waals surface area contributed by atoms with Gasteiger partial charge in [0, 0.05) is 49.2 Å². The lowest BCUT2D eigenvalue weighted by molar-refractivity contribution is -0.131. The van der Waals surface area contributed by atoms with Crippen molar-refractivity contribution in [2.45, 2.75) is 50.6 Å². The Labute approximate surface area is 188 Å². The molecule has 3 heterocycles. The normalized spacial score (nSPS) is 27.3. The van der Waals surface area contributed by atoms with Gasteiger partial charge >= 0.3 is 0 Å². The summed E-state index contributed by atoms with van der Waals surface area (Å²) < 4.78 is 0. The number of hydrogen-bond acceptors (Lipinski definition) is 4. The Bertz CT molecular complexity index is 1020. The molecule has 1 saturated heterocycles. The topological polar surface area (TPSA) is 74.3 Å². The van der Waals surface area contributed by atoms with Gasteiger partial charge in [-0.3, -0.25) is 14.6 Å². The van der Waals surface area contributed by atoms with Gasteiger partial charge in [0.05, 0.1) is 6.04 Å². The fourth-order valence-corrected chi connectivity index (χ4v) is 5.42. The van der Waals surface area contributed by atoms with Gasteiger partial charge in [-0.2, -0.15) is 0 Å². The fourth-order valence-electron chi connectivity index (χ4n) is 5.25. The number of rotatable bonds is 3. The van der Waals surface area contributed by atoms with Crippen molar-refractivity contribution in [2.75, 3.05) is 19.4 Å². The predicted molar refractivity (Wildman–Crippen MR) is 122 cm³/mol. The van der Waals surface area contributed by atoms with E-state index < -0.39 is 17.4 Å². The molecular formula is C24H29ClN4O2. The third-order valence-corrected chi connectivity index (χ3v) is 6.61. The molecule has 2 N–H and O–H groups in total. The van der Waals surface area contributed by atoms with E-state index in [2.05, 4.69) is 36.4 Å². The Morgan fingerprint density at radius 3 is 2.61 bits per heavy atom. The molecule has 2 amide bonds. The average molecular weight is 441 g/mol. The van der Waals surface area contributed by atoms with Crippen LogP contribution < -0.4 is 10.6 Å². The third-order valence-electron chi connectivity index (χ3n) is 6.37. The SMILES string of the molecule is CN(C)C(=O)[C@@H]1N[C@H](CC(C)(C)C)[C@]2(C(=O)Nc3cc(Cl)ccc32)[C@H]1c1cccnc1. The summed E-state index contributed by atoms with van der Waals surface area (Å²) >= 11 is 6.25. The molecule has 4 atom stereocenters. The van der Waals surface area contributed by atoms with Crippen LogP contribution in [0.3, 0.4) is 0 Å². The molecule has 4 rings (SSSR count). The number of aromatic nitrogens is 1. The van der Waals surface area contributed by atoms with Crippen LogP contribution in [0, 0.1) is 5.41 Å². The van der Waals surface area contributed by atoms with Gasteiger partial charge in [-0.05, 0) is 41.2 Å². The number of nitrogens with zero attached hydrogens (tertiary/aromatic N) is 2. The quantitative estimate of drug-likeness (QED) is 0.765. The average Bonchev–Trinajstić information content (AvgIpc) is 3.16. The molecule has 0 saturated carbocycles. The van der Waals surface area contributed by atoms with Crippen LogP contribution in [0.15, 0.2) is 42.7 Å². The summed E-state index contributed by atoms with van der Waals surface area (Å²) in [5.74, 6) is -0.569. The molecule has 164 valence electrons. The molecule has 2 aromatic rings. The summed E-state index contributed by atoms with van der Waals surface area (Å²) in [6.07, 6.45) is 4.19. The number of hydrogen-bond donors (Lipinski definition) is 2. The highest BCUT2D eigenvalue weighted by molar-refractivity contribution is 6.31. The highest BCUT2D eigenvalue weighted by Gasteiger charge is 2.65. The van der Waals surface area contributed by atoms with Gasteiger partial charge in [0.2, 0.25) is 11.8 Å². The zero-order chi connectivity index (χ0) is 22.6. The van der Waals surface area contributed by atoms with Crippen LogP contribution in [-0.4, -0.2) is 47.9 Å². The van der Waals surface area contributed by atoms with Crippen LogP contribution in [0.1, 0.15) is 44.2 Å². The first-order valence-corrected chi connectivity index (χ1v) is 10.9. The smallest absolute Gasteiger partial charge is 0.239 e. The number of carbonyl (C=O) groups is 2. The molecule has 1 aromatic heterocycles. The lowest BCUT2D eigenvalue weighted by Gasteiger charge is -2.37. The van der Waals surface area contributed by atoms with Crippen LogP contribution >= 0.6 is 11.6 Å². The van der Waals surface area contributed by atoms with E-state index in [0.717, 1.165) is 17.5 Å². The maximum atomic E-state index is 13.8. The molecule has 0 unspecified atom stereocenters. The van der Waals surface area contributed by atoms with Gasteiger partial charge in [0.15, 0.2) is 0 Å². The monoisotopic (exact) mass is 440 g/mol. The van der Waals surface area contributed by atoms with Crippen molar-refractivity contribution in [3.05, 3.63) is 58.9 Å². The van der Waals surface area contributed by atoms with Crippen molar-refractivity contribution in [3.63, 3.8) is 0 Å². The summed E-state index contributed by atoms with van der Waals surface area (Å²) in [7, 11) is 3.49. The fraction of sp³-hybridized carbons (Fsp3) is 0.458. The van der Waals surface area contributed by atoms with E-state index in [9.17, 15) is 9.59 Å². The minimum Gasteiger partial charge on any atom is -0.347 e. The van der Waals surface area contributed by atoms with Crippen LogP contribution in [0.4, 0.5) is 5.69 Å². The number of carbonyl (C=O) groups excluding carboxylic acids is 2. The maximum absolute atomic E-state index is 13.8. The van der Waals surface area contributed by atoms with Crippen molar-refractivity contribution in [3.8, 4) is 0 Å². The molecule has 2 aliphatic rings. The van der Waals surface area contributed by atoms with E-state index in [0.29, 0.717) is 10.7 Å². The van der Waals surface area contributed by atoms with E-state index in [-0.39, 0.29) is 23.3 Å². The van der Waals surface area contributed by atoms with Crippen LogP contribution in [0.5, 0.6) is 0 Å². The Morgan fingerprint density at radius 2 is 2.00 bits per heavy atom. The van der Waals surface area contributed by atoms with Crippen LogP contribution in [-0.2, 0) is 15.0 Å². The van der Waals surface area contributed by atoms with Crippen molar-refractivity contribution in [1.29, 1.82) is 0 Å². The number of fused-ring (bicyclic) bond motifs is 2. The number of benzene rings is 1. The maximum Gasteiger partial charge on any atom is 0.239 e. The summed E-state index contributed by atoms with van der Waals surface area (Å²) in [6, 6.07) is 8.55.